The highest BCUT2D eigenvalue weighted by molar-refractivity contribution is 5.91. The van der Waals surface area contributed by atoms with E-state index in [0.717, 1.165) is 45.4 Å². The molecule has 1 unspecified atom stereocenters. The van der Waals surface area contributed by atoms with Crippen molar-refractivity contribution in [2.75, 3.05) is 19.7 Å². The van der Waals surface area contributed by atoms with Gasteiger partial charge in [-0.25, -0.2) is 0 Å². The summed E-state index contributed by atoms with van der Waals surface area (Å²) in [4.78, 5) is 29.9. The highest BCUT2D eigenvalue weighted by atomic mass is 16.5. The van der Waals surface area contributed by atoms with Crippen molar-refractivity contribution in [3.8, 4) is 0 Å². The average molecular weight is 391 g/mol. The van der Waals surface area contributed by atoms with Crippen LogP contribution in [0.1, 0.15) is 85.0 Å². The molecule has 4 aliphatic rings. The van der Waals surface area contributed by atoms with Crippen molar-refractivity contribution in [1.82, 2.24) is 9.80 Å². The first-order valence-corrected chi connectivity index (χ1v) is 11.5. The number of carbonyl (C=O) groups excluding carboxylic acids is 2. The van der Waals surface area contributed by atoms with Crippen LogP contribution in [-0.4, -0.2) is 59.0 Å². The molecule has 0 aromatic rings. The predicted octanol–water partition coefficient (Wildman–Crippen LogP) is 3.75. The molecule has 1 atom stereocenters. The fourth-order valence-electron chi connectivity index (χ4n) is 5.53. The SMILES string of the molecule is CC(C)(C)CC(=O)N1CCC(N2C(=O)C(OCC3CC3)C23CCCCC3)CC1. The predicted molar refractivity (Wildman–Crippen MR) is 109 cm³/mol. The second-order valence-electron chi connectivity index (χ2n) is 10.9. The number of ether oxygens (including phenoxy) is 1. The van der Waals surface area contributed by atoms with E-state index in [4.69, 9.17) is 4.74 Å². The van der Waals surface area contributed by atoms with Crippen LogP contribution in [0.5, 0.6) is 0 Å². The van der Waals surface area contributed by atoms with Gasteiger partial charge in [0.1, 0.15) is 0 Å². The van der Waals surface area contributed by atoms with Crippen molar-refractivity contribution in [1.29, 1.82) is 0 Å². The molecule has 2 aliphatic heterocycles. The van der Waals surface area contributed by atoms with Gasteiger partial charge in [0.05, 0.1) is 12.1 Å². The van der Waals surface area contributed by atoms with E-state index in [1.165, 1.54) is 32.1 Å². The molecule has 2 heterocycles. The standard InChI is InChI=1S/C23H38N2O3/c1-22(2,3)15-19(26)24-13-9-18(10-14-24)25-21(27)20(28-16-17-7-8-17)23(25)11-5-4-6-12-23/h17-18,20H,4-16H2,1-3H3. The minimum Gasteiger partial charge on any atom is -0.366 e. The van der Waals surface area contributed by atoms with Crippen LogP contribution in [0.15, 0.2) is 0 Å². The van der Waals surface area contributed by atoms with Gasteiger partial charge in [0, 0.05) is 25.6 Å². The molecule has 0 bridgehead atoms. The summed E-state index contributed by atoms with van der Waals surface area (Å²) in [5.41, 5.74) is -0.0217. The Morgan fingerprint density at radius 3 is 2.29 bits per heavy atom. The van der Waals surface area contributed by atoms with Crippen molar-refractivity contribution in [3.05, 3.63) is 0 Å². The summed E-state index contributed by atoms with van der Waals surface area (Å²) < 4.78 is 6.19. The summed E-state index contributed by atoms with van der Waals surface area (Å²) in [5.74, 6) is 1.18. The van der Waals surface area contributed by atoms with Crippen molar-refractivity contribution >= 4 is 11.8 Å². The third kappa shape index (κ3) is 3.96. The summed E-state index contributed by atoms with van der Waals surface area (Å²) in [6, 6.07) is 0.282. The van der Waals surface area contributed by atoms with Gasteiger partial charge in [-0.15, -0.1) is 0 Å². The molecular formula is C23H38N2O3. The van der Waals surface area contributed by atoms with Crippen LogP contribution in [0.3, 0.4) is 0 Å². The number of carbonyl (C=O) groups is 2. The Morgan fingerprint density at radius 1 is 1.07 bits per heavy atom. The van der Waals surface area contributed by atoms with E-state index in [2.05, 4.69) is 25.7 Å². The van der Waals surface area contributed by atoms with E-state index in [-0.39, 0.29) is 34.9 Å². The molecule has 1 spiro atoms. The molecular weight excluding hydrogens is 352 g/mol. The molecule has 158 valence electrons. The van der Waals surface area contributed by atoms with Gasteiger partial charge in [0.25, 0.3) is 5.91 Å². The first-order valence-electron chi connectivity index (χ1n) is 11.5. The Morgan fingerprint density at radius 2 is 1.71 bits per heavy atom. The van der Waals surface area contributed by atoms with Gasteiger partial charge >= 0.3 is 0 Å². The Kier molecular flexibility index (Phi) is 5.49. The van der Waals surface area contributed by atoms with Gasteiger partial charge in [-0.1, -0.05) is 40.0 Å². The molecule has 2 saturated carbocycles. The number of nitrogens with zero attached hydrogens (tertiary/aromatic N) is 2. The lowest BCUT2D eigenvalue weighted by atomic mass is 9.68. The van der Waals surface area contributed by atoms with Crippen LogP contribution in [0.2, 0.25) is 0 Å². The quantitative estimate of drug-likeness (QED) is 0.672. The molecule has 0 N–H and O–H groups in total. The second-order valence-corrected chi connectivity index (χ2v) is 10.9. The first kappa shape index (κ1) is 20.2. The highest BCUT2D eigenvalue weighted by Crippen LogP contribution is 2.48. The Labute approximate surface area is 170 Å². The van der Waals surface area contributed by atoms with Gasteiger partial charge in [-0.3, -0.25) is 9.59 Å². The smallest absolute Gasteiger partial charge is 0.254 e. The summed E-state index contributed by atoms with van der Waals surface area (Å²) in [5, 5.41) is 0. The van der Waals surface area contributed by atoms with Crippen LogP contribution >= 0.6 is 0 Å². The Bertz CT molecular complexity index is 593. The Hall–Kier alpha value is -1.10. The van der Waals surface area contributed by atoms with Gasteiger partial charge in [0.2, 0.25) is 5.91 Å². The van der Waals surface area contributed by atoms with Crippen LogP contribution in [0, 0.1) is 11.3 Å². The molecule has 28 heavy (non-hydrogen) atoms. The molecule has 5 heteroatoms. The first-order chi connectivity index (χ1) is 13.3. The van der Waals surface area contributed by atoms with Gasteiger partial charge in [0.15, 0.2) is 6.10 Å². The van der Waals surface area contributed by atoms with Crippen LogP contribution < -0.4 is 0 Å². The zero-order valence-corrected chi connectivity index (χ0v) is 18.0. The number of piperidine rings is 1. The zero-order chi connectivity index (χ0) is 19.9. The topological polar surface area (TPSA) is 49.9 Å². The largest absolute Gasteiger partial charge is 0.366 e. The Balaban J connectivity index is 1.38. The zero-order valence-electron chi connectivity index (χ0n) is 18.0. The van der Waals surface area contributed by atoms with Crippen molar-refractivity contribution in [3.63, 3.8) is 0 Å². The maximum atomic E-state index is 13.1. The summed E-state index contributed by atoms with van der Waals surface area (Å²) in [6.45, 7) is 8.69. The second kappa shape index (κ2) is 7.62. The van der Waals surface area contributed by atoms with Crippen molar-refractivity contribution < 1.29 is 14.3 Å². The monoisotopic (exact) mass is 390 g/mol. The van der Waals surface area contributed by atoms with Gasteiger partial charge in [-0.05, 0) is 49.9 Å². The summed E-state index contributed by atoms with van der Waals surface area (Å²) in [6.07, 6.45) is 10.6. The minimum atomic E-state index is -0.200. The van der Waals surface area contributed by atoms with E-state index in [0.29, 0.717) is 12.3 Å². The number of amides is 2. The average Bonchev–Trinajstić information content (AvgIpc) is 3.46. The van der Waals surface area contributed by atoms with Gasteiger partial charge < -0.3 is 14.5 Å². The lowest BCUT2D eigenvalue weighted by molar-refractivity contribution is -0.211. The maximum Gasteiger partial charge on any atom is 0.254 e. The molecule has 4 rings (SSSR count). The molecule has 0 aromatic heterocycles. The van der Waals surface area contributed by atoms with Crippen LogP contribution in [-0.2, 0) is 14.3 Å². The molecule has 2 saturated heterocycles. The lowest BCUT2D eigenvalue weighted by Crippen LogP contribution is -2.78. The van der Waals surface area contributed by atoms with E-state index in [1.807, 2.05) is 4.90 Å². The van der Waals surface area contributed by atoms with Crippen molar-refractivity contribution in [2.45, 2.75) is 103 Å². The number of β-lactam (4-membered cyclic amide) rings is 1. The fraction of sp³-hybridized carbons (Fsp3) is 0.913. The van der Waals surface area contributed by atoms with E-state index < -0.39 is 0 Å². The minimum absolute atomic E-state index is 0.0274. The van der Waals surface area contributed by atoms with Crippen molar-refractivity contribution in [2.24, 2.45) is 11.3 Å². The fourth-order valence-corrected chi connectivity index (χ4v) is 5.53. The maximum absolute atomic E-state index is 13.1. The number of likely N-dealkylation sites (tertiary alicyclic amines) is 2. The molecule has 4 fully saturated rings. The molecule has 0 radical (unpaired) electrons. The summed E-state index contributed by atoms with van der Waals surface area (Å²) >= 11 is 0. The summed E-state index contributed by atoms with van der Waals surface area (Å²) in [7, 11) is 0. The number of rotatable bonds is 5. The molecule has 2 amide bonds. The number of hydrogen-bond donors (Lipinski definition) is 0. The number of hydrogen-bond acceptors (Lipinski definition) is 3. The van der Waals surface area contributed by atoms with Gasteiger partial charge in [-0.2, -0.15) is 0 Å². The van der Waals surface area contributed by atoms with Crippen LogP contribution in [0.4, 0.5) is 0 Å². The normalized spacial score (nSPS) is 28.5. The molecule has 5 nitrogen and oxygen atoms in total. The third-order valence-corrected chi connectivity index (χ3v) is 7.21. The van der Waals surface area contributed by atoms with E-state index in [9.17, 15) is 9.59 Å². The molecule has 2 aliphatic carbocycles. The van der Waals surface area contributed by atoms with Crippen LogP contribution in [0.25, 0.3) is 0 Å². The van der Waals surface area contributed by atoms with E-state index >= 15 is 0 Å². The lowest BCUT2D eigenvalue weighted by Gasteiger charge is -2.62. The molecule has 0 aromatic carbocycles. The third-order valence-electron chi connectivity index (χ3n) is 7.21. The van der Waals surface area contributed by atoms with E-state index in [1.54, 1.807) is 0 Å². The highest BCUT2D eigenvalue weighted by Gasteiger charge is 2.62.